The molecule has 2 rings (SSSR count). The van der Waals surface area contributed by atoms with Crippen molar-refractivity contribution in [2.24, 2.45) is 0 Å². The topological polar surface area (TPSA) is 73.1 Å². The zero-order valence-corrected chi connectivity index (χ0v) is 11.7. The maximum absolute atomic E-state index is 5.73. The van der Waals surface area contributed by atoms with E-state index in [0.717, 1.165) is 17.1 Å². The zero-order chi connectivity index (χ0) is 13.7. The van der Waals surface area contributed by atoms with Crippen molar-refractivity contribution in [3.05, 3.63) is 35.9 Å². The fourth-order valence-electron chi connectivity index (χ4n) is 1.60. The smallest absolute Gasteiger partial charge is 0.191 e. The van der Waals surface area contributed by atoms with Crippen LogP contribution in [0.4, 0.5) is 11.6 Å². The van der Waals surface area contributed by atoms with Crippen molar-refractivity contribution in [3.63, 3.8) is 0 Å². The number of nitrogens with two attached hydrogens (primary N) is 1. The first kappa shape index (κ1) is 13.5. The molecule has 0 atom stereocenters. The Kier molecular flexibility index (Phi) is 4.46. The molecule has 0 aliphatic rings. The highest BCUT2D eigenvalue weighted by atomic mass is 32.2. The molecule has 0 spiro atoms. The lowest BCUT2D eigenvalue weighted by Crippen LogP contribution is -2.04. The minimum Gasteiger partial charge on any atom is -0.497 e. The van der Waals surface area contributed by atoms with Crippen molar-refractivity contribution < 1.29 is 4.74 Å². The molecule has 100 valence electrons. The highest BCUT2D eigenvalue weighted by molar-refractivity contribution is 7.98. The van der Waals surface area contributed by atoms with Gasteiger partial charge in [0, 0.05) is 12.6 Å². The first-order chi connectivity index (χ1) is 9.21. The number of hydrogen-bond acceptors (Lipinski definition) is 6. The molecule has 0 saturated carbocycles. The molecule has 0 saturated heterocycles. The van der Waals surface area contributed by atoms with Crippen LogP contribution in [0.5, 0.6) is 5.75 Å². The molecule has 5 nitrogen and oxygen atoms in total. The molecular weight excluding hydrogens is 260 g/mol. The number of nitrogen functional groups attached to an aromatic ring is 1. The van der Waals surface area contributed by atoms with Crippen LogP contribution in [0.15, 0.2) is 35.5 Å². The summed E-state index contributed by atoms with van der Waals surface area (Å²) in [7, 11) is 1.66. The number of thioether (sulfide) groups is 1. The van der Waals surface area contributed by atoms with Gasteiger partial charge in [0.15, 0.2) is 5.16 Å². The molecule has 0 bridgehead atoms. The predicted molar refractivity (Wildman–Crippen MR) is 78.5 cm³/mol. The lowest BCUT2D eigenvalue weighted by molar-refractivity contribution is 0.414. The fourth-order valence-corrected chi connectivity index (χ4v) is 1.99. The quantitative estimate of drug-likeness (QED) is 0.645. The average Bonchev–Trinajstić information content (AvgIpc) is 2.44. The molecule has 6 heteroatoms. The molecule has 3 N–H and O–H groups in total. The van der Waals surface area contributed by atoms with Crippen LogP contribution in [0.25, 0.3) is 0 Å². The molecule has 1 aromatic heterocycles. The van der Waals surface area contributed by atoms with Crippen molar-refractivity contribution in [1.82, 2.24) is 9.97 Å². The number of anilines is 2. The third-order valence-electron chi connectivity index (χ3n) is 2.52. The second kappa shape index (κ2) is 6.29. The van der Waals surface area contributed by atoms with E-state index in [1.165, 1.54) is 11.8 Å². The Balaban J connectivity index is 2.07. The van der Waals surface area contributed by atoms with Crippen molar-refractivity contribution in [2.75, 3.05) is 24.4 Å². The summed E-state index contributed by atoms with van der Waals surface area (Å²) in [6.07, 6.45) is 1.92. The van der Waals surface area contributed by atoms with E-state index in [0.29, 0.717) is 17.5 Å². The lowest BCUT2D eigenvalue weighted by atomic mass is 10.2. The molecule has 0 amide bonds. The maximum atomic E-state index is 5.73. The predicted octanol–water partition coefficient (Wildman–Crippen LogP) is 2.40. The molecular formula is C13H16N4OS. The number of benzene rings is 1. The van der Waals surface area contributed by atoms with Gasteiger partial charge in [-0.25, -0.2) is 9.97 Å². The minimum absolute atomic E-state index is 0.465. The van der Waals surface area contributed by atoms with Crippen molar-refractivity contribution >= 4 is 23.4 Å². The summed E-state index contributed by atoms with van der Waals surface area (Å²) in [6.45, 7) is 0.654. The van der Waals surface area contributed by atoms with E-state index in [9.17, 15) is 0 Å². The van der Waals surface area contributed by atoms with E-state index in [4.69, 9.17) is 10.5 Å². The number of nitrogens with zero attached hydrogens (tertiary/aromatic N) is 2. The van der Waals surface area contributed by atoms with Gasteiger partial charge in [0.05, 0.1) is 7.11 Å². The number of rotatable bonds is 5. The Bertz CT molecular complexity index is 562. The van der Waals surface area contributed by atoms with Gasteiger partial charge in [0.2, 0.25) is 0 Å². The van der Waals surface area contributed by atoms with Gasteiger partial charge < -0.3 is 15.8 Å². The summed E-state index contributed by atoms with van der Waals surface area (Å²) in [6, 6.07) is 9.60. The third kappa shape index (κ3) is 3.75. The van der Waals surface area contributed by atoms with Gasteiger partial charge in [-0.3, -0.25) is 0 Å². The van der Waals surface area contributed by atoms with E-state index in [2.05, 4.69) is 15.3 Å². The van der Waals surface area contributed by atoms with Crippen LogP contribution in [-0.4, -0.2) is 23.3 Å². The number of methoxy groups -OCH3 is 1. The van der Waals surface area contributed by atoms with Gasteiger partial charge in [0.25, 0.3) is 0 Å². The Morgan fingerprint density at radius 3 is 2.89 bits per heavy atom. The Labute approximate surface area is 116 Å². The molecule has 19 heavy (non-hydrogen) atoms. The zero-order valence-electron chi connectivity index (χ0n) is 10.9. The number of aromatic nitrogens is 2. The second-order valence-electron chi connectivity index (χ2n) is 3.87. The Morgan fingerprint density at radius 1 is 1.32 bits per heavy atom. The van der Waals surface area contributed by atoms with Gasteiger partial charge in [-0.2, -0.15) is 0 Å². The van der Waals surface area contributed by atoms with Crippen LogP contribution in [0.1, 0.15) is 5.56 Å². The van der Waals surface area contributed by atoms with Crippen LogP contribution < -0.4 is 15.8 Å². The molecule has 0 aliphatic carbocycles. The number of ether oxygens (including phenoxy) is 1. The molecule has 0 aliphatic heterocycles. The normalized spacial score (nSPS) is 10.2. The summed E-state index contributed by atoms with van der Waals surface area (Å²) in [5.74, 6) is 2.03. The summed E-state index contributed by atoms with van der Waals surface area (Å²) >= 11 is 1.46. The fraction of sp³-hybridized carbons (Fsp3) is 0.231. The monoisotopic (exact) mass is 276 g/mol. The molecule has 0 unspecified atom stereocenters. The minimum atomic E-state index is 0.465. The van der Waals surface area contributed by atoms with Crippen LogP contribution in [0, 0.1) is 0 Å². The van der Waals surface area contributed by atoms with Gasteiger partial charge in [-0.05, 0) is 24.0 Å². The largest absolute Gasteiger partial charge is 0.497 e. The summed E-state index contributed by atoms with van der Waals surface area (Å²) in [5.41, 5.74) is 6.84. The molecule has 1 aromatic carbocycles. The van der Waals surface area contributed by atoms with E-state index in [1.807, 2.05) is 30.5 Å². The van der Waals surface area contributed by atoms with E-state index in [1.54, 1.807) is 13.2 Å². The van der Waals surface area contributed by atoms with Gasteiger partial charge in [-0.1, -0.05) is 23.9 Å². The van der Waals surface area contributed by atoms with Crippen molar-refractivity contribution in [1.29, 1.82) is 0 Å². The van der Waals surface area contributed by atoms with Crippen LogP contribution in [0.2, 0.25) is 0 Å². The van der Waals surface area contributed by atoms with Crippen LogP contribution in [0.3, 0.4) is 0 Å². The van der Waals surface area contributed by atoms with Gasteiger partial charge in [-0.15, -0.1) is 0 Å². The number of hydrogen-bond donors (Lipinski definition) is 2. The Morgan fingerprint density at radius 2 is 2.16 bits per heavy atom. The highest BCUT2D eigenvalue weighted by Gasteiger charge is 2.02. The standard InChI is InChI=1S/C13H16N4OS/c1-18-10-5-3-4-9(6-10)8-15-12-7-11(14)16-13(17-12)19-2/h3-7H,8H2,1-2H3,(H3,14,15,16,17). The first-order valence-corrected chi connectivity index (χ1v) is 6.99. The van der Waals surface area contributed by atoms with Crippen molar-refractivity contribution in [3.8, 4) is 5.75 Å². The van der Waals surface area contributed by atoms with Crippen molar-refractivity contribution in [2.45, 2.75) is 11.7 Å². The highest BCUT2D eigenvalue weighted by Crippen LogP contribution is 2.17. The van der Waals surface area contributed by atoms with Crippen LogP contribution in [-0.2, 0) is 6.54 Å². The first-order valence-electron chi connectivity index (χ1n) is 5.76. The number of nitrogens with one attached hydrogen (secondary N) is 1. The summed E-state index contributed by atoms with van der Waals surface area (Å²) in [4.78, 5) is 8.44. The van der Waals surface area contributed by atoms with E-state index in [-0.39, 0.29) is 0 Å². The van der Waals surface area contributed by atoms with E-state index >= 15 is 0 Å². The van der Waals surface area contributed by atoms with Crippen LogP contribution >= 0.6 is 11.8 Å². The molecule has 0 fully saturated rings. The summed E-state index contributed by atoms with van der Waals surface area (Å²) in [5, 5.41) is 3.89. The SMILES string of the molecule is COc1cccc(CNc2cc(N)nc(SC)n2)c1. The van der Waals surface area contributed by atoms with E-state index < -0.39 is 0 Å². The lowest BCUT2D eigenvalue weighted by Gasteiger charge is -2.08. The maximum Gasteiger partial charge on any atom is 0.191 e. The summed E-state index contributed by atoms with van der Waals surface area (Å²) < 4.78 is 5.19. The molecule has 2 aromatic rings. The van der Waals surface area contributed by atoms with Gasteiger partial charge in [0.1, 0.15) is 17.4 Å². The third-order valence-corrected chi connectivity index (χ3v) is 3.06. The second-order valence-corrected chi connectivity index (χ2v) is 4.64. The average molecular weight is 276 g/mol. The molecule has 0 radical (unpaired) electrons. The Hall–Kier alpha value is -1.95. The van der Waals surface area contributed by atoms with Gasteiger partial charge >= 0.3 is 0 Å². The molecule has 1 heterocycles.